The number of nitrogens with one attached hydrogen (secondary N) is 1. The predicted octanol–water partition coefficient (Wildman–Crippen LogP) is 3.90. The van der Waals surface area contributed by atoms with Crippen molar-refractivity contribution in [2.45, 2.75) is 57.5 Å². The highest BCUT2D eigenvalue weighted by molar-refractivity contribution is 5.39. The molecule has 2 heteroatoms. The molecule has 0 bridgehead atoms. The van der Waals surface area contributed by atoms with E-state index in [9.17, 15) is 0 Å². The normalized spacial score (nSPS) is 17.9. The minimum atomic E-state index is 0.0738. The molecule has 1 fully saturated rings. The van der Waals surface area contributed by atoms with Crippen molar-refractivity contribution in [2.75, 3.05) is 13.6 Å². The van der Waals surface area contributed by atoms with E-state index < -0.39 is 0 Å². The van der Waals surface area contributed by atoms with Crippen molar-refractivity contribution >= 4 is 0 Å². The fourth-order valence-corrected chi connectivity index (χ4v) is 2.74. The van der Waals surface area contributed by atoms with Crippen molar-refractivity contribution in [2.24, 2.45) is 0 Å². The maximum absolute atomic E-state index is 6.46. The van der Waals surface area contributed by atoms with Gasteiger partial charge in [-0.15, -0.1) is 0 Å². The summed E-state index contributed by atoms with van der Waals surface area (Å²) in [5, 5.41) is 3.24. The number of rotatable bonds is 5. The van der Waals surface area contributed by atoms with Crippen molar-refractivity contribution in [3.63, 3.8) is 0 Å². The minimum absolute atomic E-state index is 0.0738. The van der Waals surface area contributed by atoms with Gasteiger partial charge in [-0.05, 0) is 56.3 Å². The zero-order chi connectivity index (χ0) is 13.9. The van der Waals surface area contributed by atoms with Crippen LogP contribution < -0.4 is 10.1 Å². The van der Waals surface area contributed by atoms with Gasteiger partial charge in [0.15, 0.2) is 0 Å². The topological polar surface area (TPSA) is 21.3 Å². The molecule has 0 atom stereocenters. The van der Waals surface area contributed by atoms with Crippen LogP contribution in [0.1, 0.15) is 52.0 Å². The Morgan fingerprint density at radius 3 is 2.42 bits per heavy atom. The molecule has 0 radical (unpaired) electrons. The molecule has 1 aromatic carbocycles. The molecule has 0 aromatic heterocycles. The van der Waals surface area contributed by atoms with Gasteiger partial charge in [0, 0.05) is 0 Å². The lowest BCUT2D eigenvalue weighted by Crippen LogP contribution is -2.45. The lowest BCUT2D eigenvalue weighted by atomic mass is 9.77. The van der Waals surface area contributed by atoms with E-state index in [1.807, 2.05) is 7.05 Å². The second kappa shape index (κ2) is 5.54. The largest absolute Gasteiger partial charge is 0.487 e. The summed E-state index contributed by atoms with van der Waals surface area (Å²) in [4.78, 5) is 0. The highest BCUT2D eigenvalue weighted by atomic mass is 16.5. The summed E-state index contributed by atoms with van der Waals surface area (Å²) in [6, 6.07) is 8.50. The Morgan fingerprint density at radius 2 is 1.89 bits per heavy atom. The Kier molecular flexibility index (Phi) is 4.19. The molecular weight excluding hydrogens is 234 g/mol. The van der Waals surface area contributed by atoms with Crippen LogP contribution in [0.5, 0.6) is 5.75 Å². The number of hydrogen-bond acceptors (Lipinski definition) is 2. The van der Waals surface area contributed by atoms with Gasteiger partial charge in [-0.1, -0.05) is 39.0 Å². The van der Waals surface area contributed by atoms with E-state index in [1.165, 1.54) is 24.8 Å². The number of hydrogen-bond donors (Lipinski definition) is 1. The van der Waals surface area contributed by atoms with E-state index in [0.29, 0.717) is 0 Å². The van der Waals surface area contributed by atoms with Crippen LogP contribution >= 0.6 is 0 Å². The predicted molar refractivity (Wildman–Crippen MR) is 80.9 cm³/mol. The standard InChI is InChI=1S/C17H27NO/c1-16(2,3)14-8-5-6-9-15(14)19-17(10-7-11-17)12-13-18-4/h5-6,8-9,18H,7,10-13H2,1-4H3. The number of benzene rings is 1. The van der Waals surface area contributed by atoms with Crippen molar-refractivity contribution in [1.29, 1.82) is 0 Å². The fourth-order valence-electron chi connectivity index (χ4n) is 2.74. The molecule has 0 amide bonds. The third-order valence-electron chi connectivity index (χ3n) is 4.12. The second-order valence-corrected chi connectivity index (χ2v) is 6.74. The van der Waals surface area contributed by atoms with E-state index in [0.717, 1.165) is 18.7 Å². The molecule has 0 aliphatic heterocycles. The molecule has 2 nitrogen and oxygen atoms in total. The van der Waals surface area contributed by atoms with Crippen molar-refractivity contribution < 1.29 is 4.74 Å². The third kappa shape index (κ3) is 3.30. The molecule has 0 saturated heterocycles. The van der Waals surface area contributed by atoms with Gasteiger partial charge in [0.05, 0.1) is 0 Å². The molecule has 1 N–H and O–H groups in total. The molecule has 1 saturated carbocycles. The van der Waals surface area contributed by atoms with Crippen LogP contribution in [0.4, 0.5) is 0 Å². The molecule has 1 aliphatic rings. The first-order valence-electron chi connectivity index (χ1n) is 7.40. The van der Waals surface area contributed by atoms with Gasteiger partial charge in [0.2, 0.25) is 0 Å². The summed E-state index contributed by atoms with van der Waals surface area (Å²) in [6.45, 7) is 7.76. The average Bonchev–Trinajstić information content (AvgIpc) is 2.31. The molecule has 1 aliphatic carbocycles. The van der Waals surface area contributed by atoms with Gasteiger partial charge >= 0.3 is 0 Å². The van der Waals surface area contributed by atoms with Crippen LogP contribution in [-0.4, -0.2) is 19.2 Å². The second-order valence-electron chi connectivity index (χ2n) is 6.74. The Labute approximate surface area is 117 Å². The van der Waals surface area contributed by atoms with Crippen molar-refractivity contribution in [3.8, 4) is 5.75 Å². The Hall–Kier alpha value is -1.02. The van der Waals surface area contributed by atoms with E-state index in [4.69, 9.17) is 4.74 Å². The Balaban J connectivity index is 2.18. The smallest absolute Gasteiger partial charge is 0.123 e. The van der Waals surface area contributed by atoms with E-state index in [1.54, 1.807) is 0 Å². The van der Waals surface area contributed by atoms with Crippen LogP contribution in [0.2, 0.25) is 0 Å². The minimum Gasteiger partial charge on any atom is -0.487 e. The van der Waals surface area contributed by atoms with Crippen molar-refractivity contribution in [3.05, 3.63) is 29.8 Å². The van der Waals surface area contributed by atoms with E-state index >= 15 is 0 Å². The number of para-hydroxylation sites is 1. The van der Waals surface area contributed by atoms with Crippen LogP contribution in [0.25, 0.3) is 0 Å². The first-order chi connectivity index (χ1) is 8.97. The molecular formula is C17H27NO. The summed E-state index contributed by atoms with van der Waals surface area (Å²) < 4.78 is 6.46. The lowest BCUT2D eigenvalue weighted by Gasteiger charge is -2.43. The molecule has 0 heterocycles. The molecule has 106 valence electrons. The van der Waals surface area contributed by atoms with Gasteiger partial charge in [-0.25, -0.2) is 0 Å². The molecule has 0 spiro atoms. The maximum Gasteiger partial charge on any atom is 0.123 e. The molecule has 2 rings (SSSR count). The summed E-state index contributed by atoms with van der Waals surface area (Å²) in [7, 11) is 2.01. The van der Waals surface area contributed by atoms with Gasteiger partial charge in [0.25, 0.3) is 0 Å². The van der Waals surface area contributed by atoms with Crippen molar-refractivity contribution in [1.82, 2.24) is 5.32 Å². The third-order valence-corrected chi connectivity index (χ3v) is 4.12. The summed E-state index contributed by atoms with van der Waals surface area (Å²) in [5.41, 5.74) is 1.51. The van der Waals surface area contributed by atoms with Gasteiger partial charge in [-0.2, -0.15) is 0 Å². The highest BCUT2D eigenvalue weighted by Crippen LogP contribution is 2.42. The van der Waals surface area contributed by atoms with Gasteiger partial charge in [-0.3, -0.25) is 0 Å². The van der Waals surface area contributed by atoms with E-state index in [2.05, 4.69) is 50.4 Å². The zero-order valence-electron chi connectivity index (χ0n) is 12.8. The van der Waals surface area contributed by atoms with Crippen LogP contribution in [0.15, 0.2) is 24.3 Å². The summed E-state index contributed by atoms with van der Waals surface area (Å²) in [5.74, 6) is 1.07. The van der Waals surface area contributed by atoms with Crippen LogP contribution in [0, 0.1) is 0 Å². The Morgan fingerprint density at radius 1 is 1.21 bits per heavy atom. The zero-order valence-corrected chi connectivity index (χ0v) is 12.8. The quantitative estimate of drug-likeness (QED) is 0.868. The van der Waals surface area contributed by atoms with Crippen LogP contribution in [0.3, 0.4) is 0 Å². The van der Waals surface area contributed by atoms with E-state index in [-0.39, 0.29) is 11.0 Å². The monoisotopic (exact) mass is 261 g/mol. The Bertz CT molecular complexity index is 416. The van der Waals surface area contributed by atoms with Gasteiger partial charge < -0.3 is 10.1 Å². The summed E-state index contributed by atoms with van der Waals surface area (Å²) in [6.07, 6.45) is 4.77. The maximum atomic E-state index is 6.46. The SMILES string of the molecule is CNCCC1(Oc2ccccc2C(C)(C)C)CCC1. The molecule has 1 aromatic rings. The average molecular weight is 261 g/mol. The molecule has 0 unspecified atom stereocenters. The first kappa shape index (κ1) is 14.4. The fraction of sp³-hybridized carbons (Fsp3) is 0.647. The lowest BCUT2D eigenvalue weighted by molar-refractivity contribution is -0.0152. The molecule has 19 heavy (non-hydrogen) atoms. The highest BCUT2D eigenvalue weighted by Gasteiger charge is 2.39. The first-order valence-corrected chi connectivity index (χ1v) is 7.40. The van der Waals surface area contributed by atoms with Crippen LogP contribution in [-0.2, 0) is 5.41 Å². The summed E-state index contributed by atoms with van der Waals surface area (Å²) >= 11 is 0. The van der Waals surface area contributed by atoms with Gasteiger partial charge in [0.1, 0.15) is 11.4 Å². The number of ether oxygens (including phenoxy) is 1.